The van der Waals surface area contributed by atoms with Crippen LogP contribution in [0.1, 0.15) is 5.56 Å². The van der Waals surface area contributed by atoms with Crippen molar-refractivity contribution >= 4 is 46.2 Å². The predicted molar refractivity (Wildman–Crippen MR) is 96.2 cm³/mol. The van der Waals surface area contributed by atoms with Crippen molar-refractivity contribution in [3.8, 4) is 6.07 Å². The zero-order valence-corrected chi connectivity index (χ0v) is 13.8. The summed E-state index contributed by atoms with van der Waals surface area (Å²) in [6.45, 7) is 0. The van der Waals surface area contributed by atoms with Crippen molar-refractivity contribution in [3.05, 3.63) is 70.5 Å². The summed E-state index contributed by atoms with van der Waals surface area (Å²) in [7, 11) is 0. The second kappa shape index (κ2) is 7.18. The molecule has 2 N–H and O–H groups in total. The van der Waals surface area contributed by atoms with Gasteiger partial charge in [-0.1, -0.05) is 29.3 Å². The highest BCUT2D eigenvalue weighted by atomic mass is 35.5. The van der Waals surface area contributed by atoms with Crippen LogP contribution >= 0.6 is 23.2 Å². The lowest BCUT2D eigenvalue weighted by molar-refractivity contribution is 1.17. The molecule has 2 aromatic carbocycles. The van der Waals surface area contributed by atoms with Gasteiger partial charge < -0.3 is 10.6 Å². The number of hydrogen-bond donors (Lipinski definition) is 2. The summed E-state index contributed by atoms with van der Waals surface area (Å²) in [5.41, 5.74) is 2.00. The molecule has 118 valence electrons. The molecule has 3 aromatic rings. The molecule has 1 aromatic heterocycles. The van der Waals surface area contributed by atoms with Crippen LogP contribution in [0.3, 0.4) is 0 Å². The Labute approximate surface area is 148 Å². The lowest BCUT2D eigenvalue weighted by atomic mass is 10.2. The molecule has 0 saturated heterocycles. The van der Waals surface area contributed by atoms with E-state index in [9.17, 15) is 0 Å². The van der Waals surface area contributed by atoms with E-state index in [-0.39, 0.29) is 0 Å². The molecule has 0 aliphatic rings. The fourth-order valence-corrected chi connectivity index (χ4v) is 2.51. The van der Waals surface area contributed by atoms with Gasteiger partial charge in [-0.2, -0.15) is 5.26 Å². The minimum absolute atomic E-state index is 0.503. The Morgan fingerprint density at radius 3 is 2.12 bits per heavy atom. The summed E-state index contributed by atoms with van der Waals surface area (Å²) in [6, 6.07) is 16.1. The fraction of sp³-hybridized carbons (Fsp3) is 0. The third-order valence-electron chi connectivity index (χ3n) is 3.17. The molecule has 5 nitrogen and oxygen atoms in total. The van der Waals surface area contributed by atoms with Crippen LogP contribution in [0.5, 0.6) is 0 Å². The Kier molecular flexibility index (Phi) is 4.80. The molecule has 24 heavy (non-hydrogen) atoms. The summed E-state index contributed by atoms with van der Waals surface area (Å²) in [6.07, 6.45) is 1.43. The van der Waals surface area contributed by atoms with Gasteiger partial charge in [0, 0.05) is 11.8 Å². The van der Waals surface area contributed by atoms with Gasteiger partial charge in [-0.25, -0.2) is 9.97 Å². The van der Waals surface area contributed by atoms with Crippen LogP contribution in [-0.2, 0) is 0 Å². The molecule has 0 bridgehead atoms. The number of anilines is 4. The second-order valence-electron chi connectivity index (χ2n) is 4.82. The number of hydrogen-bond acceptors (Lipinski definition) is 5. The third kappa shape index (κ3) is 3.74. The number of rotatable bonds is 4. The number of aromatic nitrogens is 2. The van der Waals surface area contributed by atoms with Crippen LogP contribution in [0.4, 0.5) is 23.0 Å². The topological polar surface area (TPSA) is 73.6 Å². The quantitative estimate of drug-likeness (QED) is 0.677. The average molecular weight is 356 g/mol. The van der Waals surface area contributed by atoms with Gasteiger partial charge in [0.2, 0.25) is 0 Å². The van der Waals surface area contributed by atoms with Gasteiger partial charge >= 0.3 is 0 Å². The van der Waals surface area contributed by atoms with E-state index >= 15 is 0 Å². The normalized spacial score (nSPS) is 10.0. The van der Waals surface area contributed by atoms with Crippen LogP contribution in [0, 0.1) is 11.3 Å². The largest absolute Gasteiger partial charge is 0.340 e. The molecule has 0 aliphatic carbocycles. The lowest BCUT2D eigenvalue weighted by Gasteiger charge is -2.11. The molecule has 3 rings (SSSR count). The van der Waals surface area contributed by atoms with Crippen LogP contribution in [0.25, 0.3) is 0 Å². The SMILES string of the molecule is N#Cc1ccc(Nc2cc(Nc3c(Cl)cccc3Cl)ncn2)cc1. The van der Waals surface area contributed by atoms with E-state index in [1.807, 2.05) is 0 Å². The summed E-state index contributed by atoms with van der Waals surface area (Å²) in [4.78, 5) is 8.33. The molecule has 0 fully saturated rings. The maximum absolute atomic E-state index is 8.82. The minimum Gasteiger partial charge on any atom is -0.340 e. The van der Waals surface area contributed by atoms with E-state index in [0.717, 1.165) is 5.69 Å². The molecule has 0 atom stereocenters. The highest BCUT2D eigenvalue weighted by Gasteiger charge is 2.07. The van der Waals surface area contributed by atoms with Crippen molar-refractivity contribution in [1.29, 1.82) is 5.26 Å². The van der Waals surface area contributed by atoms with Gasteiger partial charge in [-0.3, -0.25) is 0 Å². The standard InChI is InChI=1S/C17H11Cl2N5/c18-13-2-1-3-14(19)17(13)24-16-8-15(21-10-22-16)23-12-6-4-11(9-20)5-7-12/h1-8,10H,(H2,21,22,23,24). The van der Waals surface area contributed by atoms with Crippen molar-refractivity contribution in [3.63, 3.8) is 0 Å². The first kappa shape index (κ1) is 16.1. The molecule has 1 heterocycles. The first-order chi connectivity index (χ1) is 11.7. The smallest absolute Gasteiger partial charge is 0.135 e. The van der Waals surface area contributed by atoms with Gasteiger partial charge in [-0.05, 0) is 36.4 Å². The van der Waals surface area contributed by atoms with Crippen LogP contribution in [-0.4, -0.2) is 9.97 Å². The van der Waals surface area contributed by atoms with Crippen molar-refractivity contribution in [2.45, 2.75) is 0 Å². The molecule has 0 amide bonds. The summed E-state index contributed by atoms with van der Waals surface area (Å²) in [5.74, 6) is 1.15. The maximum atomic E-state index is 8.82. The van der Waals surface area contributed by atoms with E-state index in [4.69, 9.17) is 28.5 Å². The first-order valence-corrected chi connectivity index (χ1v) is 7.71. The molecule has 7 heteroatoms. The van der Waals surface area contributed by atoms with E-state index in [2.05, 4.69) is 26.7 Å². The Morgan fingerprint density at radius 1 is 0.875 bits per heavy atom. The van der Waals surface area contributed by atoms with Crippen LogP contribution in [0.15, 0.2) is 54.9 Å². The Bertz CT molecular complexity index is 883. The van der Waals surface area contributed by atoms with Crippen molar-refractivity contribution in [1.82, 2.24) is 9.97 Å². The zero-order valence-electron chi connectivity index (χ0n) is 12.3. The molecular weight excluding hydrogens is 345 g/mol. The van der Waals surface area contributed by atoms with Gasteiger partial charge in [0.15, 0.2) is 0 Å². The number of nitrogens with zero attached hydrogens (tertiary/aromatic N) is 3. The van der Waals surface area contributed by atoms with E-state index in [1.165, 1.54) is 6.33 Å². The number of halogens is 2. The molecule has 0 unspecified atom stereocenters. The molecule has 0 radical (unpaired) electrons. The molecule has 0 saturated carbocycles. The highest BCUT2D eigenvalue weighted by Crippen LogP contribution is 2.32. The van der Waals surface area contributed by atoms with Crippen molar-refractivity contribution < 1.29 is 0 Å². The second-order valence-corrected chi connectivity index (χ2v) is 5.64. The van der Waals surface area contributed by atoms with Gasteiger partial charge in [0.05, 0.1) is 27.4 Å². The summed E-state index contributed by atoms with van der Waals surface area (Å²) >= 11 is 12.3. The van der Waals surface area contributed by atoms with E-state index in [0.29, 0.717) is 32.9 Å². The maximum Gasteiger partial charge on any atom is 0.135 e. The minimum atomic E-state index is 0.503. The number of nitrogens with one attached hydrogen (secondary N) is 2. The van der Waals surface area contributed by atoms with E-state index in [1.54, 1.807) is 48.5 Å². The monoisotopic (exact) mass is 355 g/mol. The molecule has 0 aliphatic heterocycles. The van der Waals surface area contributed by atoms with Gasteiger partial charge in [0.1, 0.15) is 18.0 Å². The number of nitriles is 1. The Hall–Kier alpha value is -2.81. The Balaban J connectivity index is 1.80. The Morgan fingerprint density at radius 2 is 1.50 bits per heavy atom. The predicted octanol–water partition coefficient (Wildman–Crippen LogP) is 5.14. The zero-order chi connectivity index (χ0) is 16.9. The summed E-state index contributed by atoms with van der Waals surface area (Å²) in [5, 5.41) is 16.1. The first-order valence-electron chi connectivity index (χ1n) is 6.96. The third-order valence-corrected chi connectivity index (χ3v) is 3.80. The van der Waals surface area contributed by atoms with Crippen LogP contribution in [0.2, 0.25) is 10.0 Å². The van der Waals surface area contributed by atoms with Crippen molar-refractivity contribution in [2.24, 2.45) is 0 Å². The molecular formula is C17H11Cl2N5. The van der Waals surface area contributed by atoms with Gasteiger partial charge in [-0.15, -0.1) is 0 Å². The van der Waals surface area contributed by atoms with Gasteiger partial charge in [0.25, 0.3) is 0 Å². The highest BCUT2D eigenvalue weighted by molar-refractivity contribution is 6.39. The van der Waals surface area contributed by atoms with Crippen molar-refractivity contribution in [2.75, 3.05) is 10.6 Å². The fourth-order valence-electron chi connectivity index (χ4n) is 2.02. The van der Waals surface area contributed by atoms with E-state index < -0.39 is 0 Å². The summed E-state index contributed by atoms with van der Waals surface area (Å²) < 4.78 is 0. The lowest BCUT2D eigenvalue weighted by Crippen LogP contribution is -1.99. The number of benzene rings is 2. The molecule has 0 spiro atoms. The average Bonchev–Trinajstić information content (AvgIpc) is 2.59. The van der Waals surface area contributed by atoms with Crippen LogP contribution < -0.4 is 10.6 Å². The number of para-hydroxylation sites is 1.